The van der Waals surface area contributed by atoms with Gasteiger partial charge < -0.3 is 0 Å². The Hall–Kier alpha value is -0.820. The maximum absolute atomic E-state index is 11.5. The highest BCUT2D eigenvalue weighted by Crippen LogP contribution is 2.28. The van der Waals surface area contributed by atoms with Crippen molar-refractivity contribution in [3.8, 4) is 0 Å². The molecule has 62 valence electrons. The van der Waals surface area contributed by atoms with Crippen LogP contribution in [0.3, 0.4) is 0 Å². The van der Waals surface area contributed by atoms with E-state index in [4.69, 9.17) is 11.6 Å². The maximum atomic E-state index is 11.5. The van der Waals surface area contributed by atoms with Gasteiger partial charge in [-0.25, -0.2) is 0 Å². The molecule has 0 bridgehead atoms. The third kappa shape index (κ3) is 1.05. The van der Waals surface area contributed by atoms with E-state index in [9.17, 15) is 4.79 Å². The molecule has 1 atom stereocenters. The SMILES string of the molecule is C[C@H]1Cc2ccc(Cl)cc2C1=O. The summed E-state index contributed by atoms with van der Waals surface area (Å²) >= 11 is 5.78. The molecule has 0 saturated carbocycles. The average molecular weight is 181 g/mol. The van der Waals surface area contributed by atoms with Crippen LogP contribution in [0.25, 0.3) is 0 Å². The van der Waals surface area contributed by atoms with E-state index >= 15 is 0 Å². The summed E-state index contributed by atoms with van der Waals surface area (Å²) in [5.74, 6) is 0.367. The maximum Gasteiger partial charge on any atom is 0.166 e. The second-order valence-electron chi connectivity index (χ2n) is 3.27. The summed E-state index contributed by atoms with van der Waals surface area (Å²) in [4.78, 5) is 11.5. The smallest absolute Gasteiger partial charge is 0.166 e. The molecule has 0 aromatic heterocycles. The highest BCUT2D eigenvalue weighted by atomic mass is 35.5. The Kier molecular flexibility index (Phi) is 1.69. The fraction of sp³-hybridized carbons (Fsp3) is 0.300. The first-order valence-electron chi connectivity index (χ1n) is 4.01. The number of fused-ring (bicyclic) bond motifs is 1. The number of Topliss-reactive ketones (excluding diaryl/α,β-unsaturated/α-hetero) is 1. The molecule has 0 N–H and O–H groups in total. The monoisotopic (exact) mass is 180 g/mol. The molecule has 0 saturated heterocycles. The van der Waals surface area contributed by atoms with Crippen molar-refractivity contribution in [1.82, 2.24) is 0 Å². The van der Waals surface area contributed by atoms with E-state index in [2.05, 4.69) is 0 Å². The molecule has 0 unspecified atom stereocenters. The van der Waals surface area contributed by atoms with Crippen LogP contribution in [0.1, 0.15) is 22.8 Å². The molecule has 2 rings (SSSR count). The number of ketones is 1. The minimum absolute atomic E-state index is 0.137. The number of benzene rings is 1. The van der Waals surface area contributed by atoms with E-state index in [1.807, 2.05) is 19.1 Å². The Labute approximate surface area is 76.4 Å². The van der Waals surface area contributed by atoms with E-state index < -0.39 is 0 Å². The van der Waals surface area contributed by atoms with Crippen molar-refractivity contribution in [2.45, 2.75) is 13.3 Å². The number of hydrogen-bond acceptors (Lipinski definition) is 1. The lowest BCUT2D eigenvalue weighted by Gasteiger charge is -1.96. The lowest BCUT2D eigenvalue weighted by atomic mass is 10.1. The van der Waals surface area contributed by atoms with Crippen molar-refractivity contribution in [3.05, 3.63) is 34.3 Å². The zero-order chi connectivity index (χ0) is 8.72. The predicted molar refractivity (Wildman–Crippen MR) is 48.7 cm³/mol. The van der Waals surface area contributed by atoms with Gasteiger partial charge in [0.1, 0.15) is 0 Å². The summed E-state index contributed by atoms with van der Waals surface area (Å²) < 4.78 is 0. The molecule has 1 aliphatic carbocycles. The van der Waals surface area contributed by atoms with Crippen molar-refractivity contribution in [1.29, 1.82) is 0 Å². The number of carbonyl (C=O) groups is 1. The molecule has 1 aromatic rings. The first-order valence-corrected chi connectivity index (χ1v) is 4.39. The quantitative estimate of drug-likeness (QED) is 0.600. The lowest BCUT2D eigenvalue weighted by Crippen LogP contribution is -2.02. The molecule has 0 amide bonds. The summed E-state index contributed by atoms with van der Waals surface area (Å²) in [6, 6.07) is 5.55. The highest BCUT2D eigenvalue weighted by molar-refractivity contribution is 6.31. The molecule has 0 radical (unpaired) electrons. The van der Waals surface area contributed by atoms with E-state index in [0.717, 1.165) is 17.5 Å². The lowest BCUT2D eigenvalue weighted by molar-refractivity contribution is 0.0946. The van der Waals surface area contributed by atoms with Crippen LogP contribution in [0.2, 0.25) is 5.02 Å². The third-order valence-corrected chi connectivity index (χ3v) is 2.55. The summed E-state index contributed by atoms with van der Waals surface area (Å²) in [5.41, 5.74) is 1.95. The van der Waals surface area contributed by atoms with Crippen LogP contribution in [-0.4, -0.2) is 5.78 Å². The molecule has 1 nitrogen and oxygen atoms in total. The molecule has 0 spiro atoms. The van der Waals surface area contributed by atoms with Gasteiger partial charge in [0.2, 0.25) is 0 Å². The molecule has 12 heavy (non-hydrogen) atoms. The summed E-state index contributed by atoms with van der Waals surface area (Å²) in [6.07, 6.45) is 0.866. The minimum Gasteiger partial charge on any atom is -0.294 e. The van der Waals surface area contributed by atoms with Crippen LogP contribution in [0.15, 0.2) is 18.2 Å². The zero-order valence-electron chi connectivity index (χ0n) is 6.80. The second-order valence-corrected chi connectivity index (χ2v) is 3.71. The Morgan fingerprint density at radius 1 is 1.50 bits per heavy atom. The van der Waals surface area contributed by atoms with Gasteiger partial charge in [-0.3, -0.25) is 4.79 Å². The first kappa shape index (κ1) is 7.81. The largest absolute Gasteiger partial charge is 0.294 e. The van der Waals surface area contributed by atoms with Crippen molar-refractivity contribution in [2.24, 2.45) is 5.92 Å². The van der Waals surface area contributed by atoms with Gasteiger partial charge in [-0.15, -0.1) is 0 Å². The van der Waals surface area contributed by atoms with Crippen LogP contribution in [0.4, 0.5) is 0 Å². The Morgan fingerprint density at radius 2 is 2.25 bits per heavy atom. The van der Waals surface area contributed by atoms with Gasteiger partial charge in [-0.1, -0.05) is 24.6 Å². The number of carbonyl (C=O) groups excluding carboxylic acids is 1. The molecular formula is C10H9ClO. The predicted octanol–water partition coefficient (Wildman–Crippen LogP) is 2.71. The summed E-state index contributed by atoms with van der Waals surface area (Å²) in [7, 11) is 0. The fourth-order valence-corrected chi connectivity index (χ4v) is 1.82. The van der Waals surface area contributed by atoms with Gasteiger partial charge >= 0.3 is 0 Å². The van der Waals surface area contributed by atoms with Gasteiger partial charge in [0.15, 0.2) is 5.78 Å². The Balaban J connectivity index is 2.56. The van der Waals surface area contributed by atoms with Gasteiger partial charge in [0, 0.05) is 16.5 Å². The first-order chi connectivity index (χ1) is 5.68. The van der Waals surface area contributed by atoms with E-state index in [1.165, 1.54) is 0 Å². The van der Waals surface area contributed by atoms with Gasteiger partial charge in [-0.2, -0.15) is 0 Å². The van der Waals surface area contributed by atoms with E-state index in [1.54, 1.807) is 6.07 Å². The van der Waals surface area contributed by atoms with Gasteiger partial charge in [0.25, 0.3) is 0 Å². The van der Waals surface area contributed by atoms with E-state index in [0.29, 0.717) is 5.02 Å². The second kappa shape index (κ2) is 2.60. The molecule has 2 heteroatoms. The van der Waals surface area contributed by atoms with Crippen LogP contribution in [-0.2, 0) is 6.42 Å². The normalized spacial score (nSPS) is 21.2. The zero-order valence-corrected chi connectivity index (χ0v) is 7.56. The van der Waals surface area contributed by atoms with Crippen molar-refractivity contribution >= 4 is 17.4 Å². The van der Waals surface area contributed by atoms with Crippen LogP contribution in [0.5, 0.6) is 0 Å². The average Bonchev–Trinajstić information content (AvgIpc) is 2.31. The topological polar surface area (TPSA) is 17.1 Å². The Morgan fingerprint density at radius 3 is 3.00 bits per heavy atom. The van der Waals surface area contributed by atoms with Crippen LogP contribution < -0.4 is 0 Å². The van der Waals surface area contributed by atoms with E-state index in [-0.39, 0.29) is 11.7 Å². The van der Waals surface area contributed by atoms with Crippen molar-refractivity contribution in [3.63, 3.8) is 0 Å². The van der Waals surface area contributed by atoms with Gasteiger partial charge in [0.05, 0.1) is 0 Å². The molecule has 0 aliphatic heterocycles. The third-order valence-electron chi connectivity index (χ3n) is 2.31. The molecular weight excluding hydrogens is 172 g/mol. The molecule has 0 heterocycles. The number of halogens is 1. The Bertz CT molecular complexity index is 344. The minimum atomic E-state index is 0.137. The number of rotatable bonds is 0. The van der Waals surface area contributed by atoms with Gasteiger partial charge in [-0.05, 0) is 24.1 Å². The highest BCUT2D eigenvalue weighted by Gasteiger charge is 2.26. The standard InChI is InChI=1S/C10H9ClO/c1-6-4-7-2-3-8(11)5-9(7)10(6)12/h2-3,5-6H,4H2,1H3/t6-/m0/s1. The molecule has 0 fully saturated rings. The summed E-state index contributed by atoms with van der Waals surface area (Å²) in [6.45, 7) is 1.95. The van der Waals surface area contributed by atoms with Crippen molar-refractivity contribution < 1.29 is 4.79 Å². The summed E-state index contributed by atoms with van der Waals surface area (Å²) in [5, 5.41) is 0.649. The molecule has 1 aromatic carbocycles. The fourth-order valence-electron chi connectivity index (χ4n) is 1.64. The number of hydrogen-bond donors (Lipinski definition) is 0. The van der Waals surface area contributed by atoms with Crippen molar-refractivity contribution in [2.75, 3.05) is 0 Å². The van der Waals surface area contributed by atoms with Crippen LogP contribution in [0, 0.1) is 5.92 Å². The van der Waals surface area contributed by atoms with Crippen LogP contribution >= 0.6 is 11.6 Å². The molecule has 1 aliphatic rings.